The summed E-state index contributed by atoms with van der Waals surface area (Å²) in [6.07, 6.45) is 2.13. The molecular formula is C28H29NO2. The summed E-state index contributed by atoms with van der Waals surface area (Å²) in [5, 5.41) is 5.37. The molecule has 3 heteroatoms. The van der Waals surface area contributed by atoms with E-state index in [4.69, 9.17) is 4.74 Å². The minimum atomic E-state index is 0.0468. The van der Waals surface area contributed by atoms with E-state index in [0.717, 1.165) is 18.5 Å². The third-order valence-corrected chi connectivity index (χ3v) is 5.86. The Kier molecular flexibility index (Phi) is 6.63. The van der Waals surface area contributed by atoms with E-state index >= 15 is 0 Å². The van der Waals surface area contributed by atoms with Crippen molar-refractivity contribution in [3.8, 4) is 0 Å². The van der Waals surface area contributed by atoms with Gasteiger partial charge >= 0.3 is 0 Å². The molecule has 1 amide bonds. The van der Waals surface area contributed by atoms with Crippen molar-refractivity contribution in [2.45, 2.75) is 26.7 Å². The number of ether oxygens (including phenoxy) is 1. The van der Waals surface area contributed by atoms with E-state index < -0.39 is 0 Å². The zero-order valence-electron chi connectivity index (χ0n) is 18.3. The molecule has 0 saturated carbocycles. The van der Waals surface area contributed by atoms with Gasteiger partial charge < -0.3 is 9.64 Å². The van der Waals surface area contributed by atoms with Gasteiger partial charge in [-0.05, 0) is 57.6 Å². The number of hydrogen-bond acceptors (Lipinski definition) is 2. The molecule has 1 aliphatic rings. The van der Waals surface area contributed by atoms with Crippen LogP contribution in [-0.4, -0.2) is 25.7 Å². The smallest absolute Gasteiger partial charge is 0.253 e. The molecule has 0 spiro atoms. The van der Waals surface area contributed by atoms with Gasteiger partial charge in [0.05, 0.1) is 6.61 Å². The van der Waals surface area contributed by atoms with Crippen LogP contribution in [0.2, 0.25) is 0 Å². The molecule has 1 fully saturated rings. The van der Waals surface area contributed by atoms with E-state index in [-0.39, 0.29) is 12.5 Å². The third-order valence-electron chi connectivity index (χ3n) is 5.86. The molecule has 1 aliphatic heterocycles. The van der Waals surface area contributed by atoms with Crippen LogP contribution >= 0.6 is 0 Å². The van der Waals surface area contributed by atoms with Crippen LogP contribution < -0.4 is 4.90 Å². The monoisotopic (exact) mass is 411 g/mol. The Morgan fingerprint density at radius 1 is 0.774 bits per heavy atom. The maximum absolute atomic E-state index is 11.6. The van der Waals surface area contributed by atoms with Crippen molar-refractivity contribution in [2.24, 2.45) is 0 Å². The zero-order valence-corrected chi connectivity index (χ0v) is 18.3. The maximum Gasteiger partial charge on any atom is 0.253 e. The van der Waals surface area contributed by atoms with Gasteiger partial charge in [-0.2, -0.15) is 0 Å². The van der Waals surface area contributed by atoms with Crippen LogP contribution in [0.25, 0.3) is 21.5 Å². The average Bonchev–Trinajstić information content (AvgIpc) is 2.84. The molecule has 3 nitrogen and oxygen atoms in total. The van der Waals surface area contributed by atoms with Gasteiger partial charge in [-0.1, -0.05) is 80.6 Å². The van der Waals surface area contributed by atoms with Gasteiger partial charge in [0, 0.05) is 12.2 Å². The Hall–Kier alpha value is -3.17. The largest absolute Gasteiger partial charge is 0.370 e. The first-order valence-electron chi connectivity index (χ1n) is 11.1. The molecule has 0 aromatic heterocycles. The Morgan fingerprint density at radius 2 is 1.45 bits per heavy atom. The van der Waals surface area contributed by atoms with Crippen molar-refractivity contribution in [3.05, 3.63) is 90.0 Å². The summed E-state index contributed by atoms with van der Waals surface area (Å²) in [7, 11) is 0. The first-order valence-corrected chi connectivity index (χ1v) is 11.1. The zero-order chi connectivity index (χ0) is 21.6. The highest BCUT2D eigenvalue weighted by Gasteiger charge is 2.19. The van der Waals surface area contributed by atoms with Crippen molar-refractivity contribution >= 4 is 33.1 Å². The lowest BCUT2D eigenvalue weighted by Crippen LogP contribution is -2.41. The second kappa shape index (κ2) is 9.76. The predicted molar refractivity (Wildman–Crippen MR) is 130 cm³/mol. The lowest BCUT2D eigenvalue weighted by Gasteiger charge is -2.26. The molecular weight excluding hydrogens is 382 g/mol. The Morgan fingerprint density at radius 3 is 2.19 bits per heavy atom. The van der Waals surface area contributed by atoms with Crippen LogP contribution in [0.1, 0.15) is 25.0 Å². The van der Waals surface area contributed by atoms with Gasteiger partial charge in [-0.3, -0.25) is 4.79 Å². The fourth-order valence-corrected chi connectivity index (χ4v) is 3.99. The van der Waals surface area contributed by atoms with Gasteiger partial charge in [0.15, 0.2) is 0 Å². The number of hydrogen-bond donors (Lipinski definition) is 0. The summed E-state index contributed by atoms with van der Waals surface area (Å²) < 4.78 is 5.09. The summed E-state index contributed by atoms with van der Waals surface area (Å²) in [6.45, 7) is 5.80. The maximum atomic E-state index is 11.6. The van der Waals surface area contributed by atoms with Crippen LogP contribution in [0, 0.1) is 0 Å². The van der Waals surface area contributed by atoms with Crippen LogP contribution in [0.15, 0.2) is 78.9 Å². The van der Waals surface area contributed by atoms with Crippen molar-refractivity contribution in [2.75, 3.05) is 24.7 Å². The molecule has 1 saturated heterocycles. The number of aryl methyl sites for hydroxylation is 2. The highest BCUT2D eigenvalue weighted by atomic mass is 16.5. The molecule has 0 N–H and O–H groups in total. The highest BCUT2D eigenvalue weighted by Crippen LogP contribution is 2.26. The average molecular weight is 412 g/mol. The lowest BCUT2D eigenvalue weighted by molar-refractivity contribution is -0.125. The fourth-order valence-electron chi connectivity index (χ4n) is 3.99. The minimum Gasteiger partial charge on any atom is -0.370 e. The number of nitrogens with zero attached hydrogens (tertiary/aromatic N) is 1. The molecule has 4 aromatic carbocycles. The van der Waals surface area contributed by atoms with Crippen LogP contribution in [-0.2, 0) is 22.4 Å². The number of fused-ring (bicyclic) bond motifs is 3. The standard InChI is InChI=1S/C16H14.C12H15NO2/c1-2-12-7-10-16-14(11-12)9-8-13-5-3-4-6-15(13)16;1-2-10-3-5-11(6-4-10)13-7-8-15-9-12(13)14/h3-11H,2H2,1H3;3-6H,2,7-9H2,1H3. The summed E-state index contributed by atoms with van der Waals surface area (Å²) in [5.41, 5.74) is 3.67. The van der Waals surface area contributed by atoms with Crippen molar-refractivity contribution < 1.29 is 9.53 Å². The molecule has 0 atom stereocenters. The Bertz CT molecular complexity index is 1180. The summed E-state index contributed by atoms with van der Waals surface area (Å²) in [6, 6.07) is 27.9. The van der Waals surface area contributed by atoms with Crippen molar-refractivity contribution in [1.29, 1.82) is 0 Å². The van der Waals surface area contributed by atoms with E-state index in [0.29, 0.717) is 13.2 Å². The number of rotatable bonds is 3. The van der Waals surface area contributed by atoms with Crippen molar-refractivity contribution in [3.63, 3.8) is 0 Å². The van der Waals surface area contributed by atoms with E-state index in [1.807, 2.05) is 12.1 Å². The van der Waals surface area contributed by atoms with Gasteiger partial charge in [-0.15, -0.1) is 0 Å². The van der Waals surface area contributed by atoms with E-state index in [2.05, 4.69) is 80.6 Å². The molecule has 0 radical (unpaired) electrons. The second-order valence-electron chi connectivity index (χ2n) is 7.81. The van der Waals surface area contributed by atoms with Gasteiger partial charge in [0.1, 0.15) is 6.61 Å². The lowest BCUT2D eigenvalue weighted by atomic mass is 10.00. The number of morpholine rings is 1. The molecule has 4 aromatic rings. The fraction of sp³-hybridized carbons (Fsp3) is 0.250. The van der Waals surface area contributed by atoms with E-state index in [1.165, 1.54) is 32.7 Å². The van der Waals surface area contributed by atoms with Gasteiger partial charge in [-0.25, -0.2) is 0 Å². The van der Waals surface area contributed by atoms with Gasteiger partial charge in [0.25, 0.3) is 5.91 Å². The van der Waals surface area contributed by atoms with Crippen LogP contribution in [0.4, 0.5) is 5.69 Å². The molecule has 5 rings (SSSR count). The van der Waals surface area contributed by atoms with Gasteiger partial charge in [0.2, 0.25) is 0 Å². The Balaban J connectivity index is 0.000000150. The number of amides is 1. The normalized spacial score (nSPS) is 13.9. The van der Waals surface area contributed by atoms with Crippen LogP contribution in [0.5, 0.6) is 0 Å². The number of carbonyl (C=O) groups excluding carboxylic acids is 1. The summed E-state index contributed by atoms with van der Waals surface area (Å²) in [4.78, 5) is 13.3. The number of anilines is 1. The summed E-state index contributed by atoms with van der Waals surface area (Å²) in [5.74, 6) is 0.0468. The molecule has 31 heavy (non-hydrogen) atoms. The Labute approximate surface area is 184 Å². The molecule has 0 unspecified atom stereocenters. The molecule has 158 valence electrons. The number of carbonyl (C=O) groups is 1. The van der Waals surface area contributed by atoms with E-state index in [9.17, 15) is 4.79 Å². The summed E-state index contributed by atoms with van der Waals surface area (Å²) >= 11 is 0. The minimum absolute atomic E-state index is 0.0468. The second-order valence-corrected chi connectivity index (χ2v) is 7.81. The van der Waals surface area contributed by atoms with Crippen molar-refractivity contribution in [1.82, 2.24) is 0 Å². The molecule has 1 heterocycles. The first-order chi connectivity index (χ1) is 15.2. The SMILES string of the molecule is CCc1ccc(N2CCOCC2=O)cc1.CCc1ccc2c(ccc3ccccc32)c1. The first kappa shape index (κ1) is 21.1. The molecule has 0 aliphatic carbocycles. The number of benzene rings is 4. The quantitative estimate of drug-likeness (QED) is 0.377. The molecule has 0 bridgehead atoms. The third kappa shape index (κ3) is 4.78. The topological polar surface area (TPSA) is 29.5 Å². The predicted octanol–water partition coefficient (Wildman–Crippen LogP) is 6.17. The van der Waals surface area contributed by atoms with E-state index in [1.54, 1.807) is 4.90 Å². The highest BCUT2D eigenvalue weighted by molar-refractivity contribution is 6.07. The van der Waals surface area contributed by atoms with Crippen LogP contribution in [0.3, 0.4) is 0 Å².